The molecule has 0 aromatic heterocycles. The SMILES string of the molecule is O=C1OCCN1C(=O)C(Cc1ccccc1)C(O)c1ccc(Br)cc1F. The fourth-order valence-corrected chi connectivity index (χ4v) is 3.29. The Bertz CT molecular complexity index is 814. The van der Waals surface area contributed by atoms with E-state index in [1.54, 1.807) is 6.07 Å². The van der Waals surface area contributed by atoms with Crippen molar-refractivity contribution in [1.82, 2.24) is 4.90 Å². The van der Waals surface area contributed by atoms with E-state index in [4.69, 9.17) is 4.74 Å². The van der Waals surface area contributed by atoms with E-state index < -0.39 is 29.8 Å². The fourth-order valence-electron chi connectivity index (χ4n) is 2.95. The number of carbonyl (C=O) groups excluding carboxylic acids is 2. The predicted octanol–water partition coefficient (Wildman–Crippen LogP) is 3.46. The zero-order valence-corrected chi connectivity index (χ0v) is 15.4. The van der Waals surface area contributed by atoms with Crippen LogP contribution in [0.25, 0.3) is 0 Å². The molecule has 1 aliphatic rings. The van der Waals surface area contributed by atoms with E-state index >= 15 is 0 Å². The molecule has 2 aromatic rings. The summed E-state index contributed by atoms with van der Waals surface area (Å²) < 4.78 is 19.7. The van der Waals surface area contributed by atoms with Crippen molar-refractivity contribution < 1.29 is 23.8 Å². The minimum Gasteiger partial charge on any atom is -0.447 e. The highest BCUT2D eigenvalue weighted by molar-refractivity contribution is 9.10. The summed E-state index contributed by atoms with van der Waals surface area (Å²) in [5.41, 5.74) is 0.810. The number of rotatable bonds is 5. The molecule has 0 radical (unpaired) electrons. The maximum absolute atomic E-state index is 14.3. The Balaban J connectivity index is 1.93. The van der Waals surface area contributed by atoms with Crippen molar-refractivity contribution in [3.63, 3.8) is 0 Å². The average molecular weight is 422 g/mol. The first-order valence-electron chi connectivity index (χ1n) is 8.12. The van der Waals surface area contributed by atoms with Crippen LogP contribution in [0.5, 0.6) is 0 Å². The zero-order chi connectivity index (χ0) is 18.7. The number of cyclic esters (lactones) is 1. The lowest BCUT2D eigenvalue weighted by atomic mass is 9.88. The molecule has 1 heterocycles. The van der Waals surface area contributed by atoms with Crippen LogP contribution in [0.3, 0.4) is 0 Å². The Kier molecular flexibility index (Phi) is 5.68. The van der Waals surface area contributed by atoms with Gasteiger partial charge in [0.15, 0.2) is 0 Å². The van der Waals surface area contributed by atoms with Crippen molar-refractivity contribution in [2.75, 3.05) is 13.2 Å². The van der Waals surface area contributed by atoms with Crippen molar-refractivity contribution in [3.05, 3.63) is 69.9 Å². The topological polar surface area (TPSA) is 66.8 Å². The largest absolute Gasteiger partial charge is 0.447 e. The van der Waals surface area contributed by atoms with Gasteiger partial charge in [0.1, 0.15) is 12.4 Å². The average Bonchev–Trinajstić information content (AvgIpc) is 3.05. The Hall–Kier alpha value is -2.25. The summed E-state index contributed by atoms with van der Waals surface area (Å²) in [4.78, 5) is 25.6. The highest BCUT2D eigenvalue weighted by Gasteiger charge is 2.38. The number of carbonyl (C=O) groups is 2. The number of aliphatic hydroxyl groups excluding tert-OH is 1. The quantitative estimate of drug-likeness (QED) is 0.802. The predicted molar refractivity (Wildman–Crippen MR) is 95.8 cm³/mol. The summed E-state index contributed by atoms with van der Waals surface area (Å²) in [5, 5.41) is 10.8. The van der Waals surface area contributed by atoms with Crippen LogP contribution in [-0.2, 0) is 16.0 Å². The monoisotopic (exact) mass is 421 g/mol. The van der Waals surface area contributed by atoms with Crippen LogP contribution >= 0.6 is 15.9 Å². The zero-order valence-electron chi connectivity index (χ0n) is 13.8. The normalized spacial score (nSPS) is 16.3. The molecule has 2 aromatic carbocycles. The molecule has 7 heteroatoms. The maximum atomic E-state index is 14.3. The van der Waals surface area contributed by atoms with Crippen LogP contribution in [0.2, 0.25) is 0 Å². The molecule has 1 saturated heterocycles. The van der Waals surface area contributed by atoms with Gasteiger partial charge in [0.25, 0.3) is 0 Å². The van der Waals surface area contributed by atoms with E-state index in [2.05, 4.69) is 15.9 Å². The summed E-state index contributed by atoms with van der Waals surface area (Å²) >= 11 is 3.17. The fraction of sp³-hybridized carbons (Fsp3) is 0.263. The number of hydrogen-bond donors (Lipinski definition) is 1. The molecule has 0 bridgehead atoms. The van der Waals surface area contributed by atoms with Gasteiger partial charge in [0, 0.05) is 10.0 Å². The third kappa shape index (κ3) is 3.94. The highest BCUT2D eigenvalue weighted by atomic mass is 79.9. The molecule has 1 fully saturated rings. The maximum Gasteiger partial charge on any atom is 0.416 e. The summed E-state index contributed by atoms with van der Waals surface area (Å²) in [7, 11) is 0. The van der Waals surface area contributed by atoms with E-state index in [1.165, 1.54) is 12.1 Å². The number of imide groups is 1. The summed E-state index contributed by atoms with van der Waals surface area (Å²) in [6.45, 7) is 0.240. The molecule has 1 N–H and O–H groups in total. The summed E-state index contributed by atoms with van der Waals surface area (Å²) in [5.74, 6) is -2.22. The third-order valence-electron chi connectivity index (χ3n) is 4.30. The van der Waals surface area contributed by atoms with Gasteiger partial charge >= 0.3 is 6.09 Å². The van der Waals surface area contributed by atoms with E-state index in [9.17, 15) is 19.1 Å². The lowest BCUT2D eigenvalue weighted by molar-refractivity contribution is -0.135. The first-order valence-corrected chi connectivity index (χ1v) is 8.91. The van der Waals surface area contributed by atoms with Crippen LogP contribution < -0.4 is 0 Å². The first kappa shape index (κ1) is 18.5. The van der Waals surface area contributed by atoms with Gasteiger partial charge in [0.2, 0.25) is 5.91 Å². The Labute approximate surface area is 158 Å². The van der Waals surface area contributed by atoms with Gasteiger partial charge in [-0.15, -0.1) is 0 Å². The van der Waals surface area contributed by atoms with Gasteiger partial charge in [-0.2, -0.15) is 0 Å². The number of aliphatic hydroxyl groups is 1. The standard InChI is InChI=1S/C19H17BrFNO4/c20-13-6-7-14(16(21)11-13)17(23)15(10-12-4-2-1-3-5-12)18(24)22-8-9-26-19(22)25/h1-7,11,15,17,23H,8-10H2. The summed E-state index contributed by atoms with van der Waals surface area (Å²) in [6, 6.07) is 13.3. The number of halogens is 2. The van der Waals surface area contributed by atoms with E-state index in [1.807, 2.05) is 30.3 Å². The molecule has 26 heavy (non-hydrogen) atoms. The lowest BCUT2D eigenvalue weighted by Gasteiger charge is -2.25. The minimum atomic E-state index is -1.40. The molecule has 1 aliphatic heterocycles. The van der Waals surface area contributed by atoms with Gasteiger partial charge in [-0.1, -0.05) is 52.3 Å². The van der Waals surface area contributed by atoms with Gasteiger partial charge in [-0.05, 0) is 24.1 Å². The van der Waals surface area contributed by atoms with Gasteiger partial charge < -0.3 is 9.84 Å². The van der Waals surface area contributed by atoms with Gasteiger partial charge in [0.05, 0.1) is 18.6 Å². The van der Waals surface area contributed by atoms with Gasteiger partial charge in [-0.3, -0.25) is 4.79 Å². The second-order valence-electron chi connectivity index (χ2n) is 6.01. The molecule has 0 aliphatic carbocycles. The number of ether oxygens (including phenoxy) is 1. The highest BCUT2D eigenvalue weighted by Crippen LogP contribution is 2.31. The molecule has 2 amide bonds. The third-order valence-corrected chi connectivity index (χ3v) is 4.80. The van der Waals surface area contributed by atoms with E-state index in [0.717, 1.165) is 10.5 Å². The molecule has 0 spiro atoms. The van der Waals surface area contributed by atoms with Crippen molar-refractivity contribution in [1.29, 1.82) is 0 Å². The molecule has 2 unspecified atom stereocenters. The summed E-state index contributed by atoms with van der Waals surface area (Å²) in [6.07, 6.45) is -1.97. The first-order chi connectivity index (χ1) is 12.5. The molecule has 5 nitrogen and oxygen atoms in total. The van der Waals surface area contributed by atoms with Crippen LogP contribution in [0, 0.1) is 11.7 Å². The number of hydrogen-bond acceptors (Lipinski definition) is 4. The van der Waals surface area contributed by atoms with Crippen LogP contribution in [0.1, 0.15) is 17.2 Å². The molecule has 2 atom stereocenters. The van der Waals surface area contributed by atoms with E-state index in [-0.39, 0.29) is 25.1 Å². The second kappa shape index (κ2) is 7.97. The molecular weight excluding hydrogens is 405 g/mol. The van der Waals surface area contributed by atoms with Crippen molar-refractivity contribution in [3.8, 4) is 0 Å². The minimum absolute atomic E-state index is 0.00930. The number of amides is 2. The molecule has 3 rings (SSSR count). The molecule has 0 saturated carbocycles. The van der Waals surface area contributed by atoms with Crippen LogP contribution in [0.15, 0.2) is 53.0 Å². The number of benzene rings is 2. The lowest BCUT2D eigenvalue weighted by Crippen LogP contribution is -2.40. The smallest absolute Gasteiger partial charge is 0.416 e. The molecular formula is C19H17BrFNO4. The van der Waals surface area contributed by atoms with Crippen LogP contribution in [-0.4, -0.2) is 35.2 Å². The second-order valence-corrected chi connectivity index (χ2v) is 6.93. The number of nitrogens with zero attached hydrogens (tertiary/aromatic N) is 1. The Morgan fingerprint density at radius 3 is 2.62 bits per heavy atom. The Morgan fingerprint density at radius 1 is 1.27 bits per heavy atom. The van der Waals surface area contributed by atoms with Crippen LogP contribution in [0.4, 0.5) is 9.18 Å². The molecule has 136 valence electrons. The van der Waals surface area contributed by atoms with Gasteiger partial charge in [-0.25, -0.2) is 14.1 Å². The van der Waals surface area contributed by atoms with Crippen molar-refractivity contribution in [2.24, 2.45) is 5.92 Å². The van der Waals surface area contributed by atoms with E-state index in [0.29, 0.717) is 4.47 Å². The Morgan fingerprint density at radius 2 is 2.00 bits per heavy atom. The van der Waals surface area contributed by atoms with Crippen molar-refractivity contribution >= 4 is 27.9 Å². The van der Waals surface area contributed by atoms with Crippen molar-refractivity contribution in [2.45, 2.75) is 12.5 Å².